The van der Waals surface area contributed by atoms with Crippen molar-refractivity contribution in [3.05, 3.63) is 23.8 Å². The van der Waals surface area contributed by atoms with Gasteiger partial charge < -0.3 is 14.4 Å². The Morgan fingerprint density at radius 3 is 2.56 bits per heavy atom. The van der Waals surface area contributed by atoms with Gasteiger partial charge in [-0.2, -0.15) is 0 Å². The molecule has 0 N–H and O–H groups in total. The van der Waals surface area contributed by atoms with Gasteiger partial charge in [0.25, 0.3) is 0 Å². The van der Waals surface area contributed by atoms with E-state index < -0.39 is 0 Å². The smallest absolute Gasteiger partial charge is 0.223 e. The molecule has 1 amide bonds. The largest absolute Gasteiger partial charge is 0.490 e. The lowest BCUT2D eigenvalue weighted by atomic mass is 9.75. The van der Waals surface area contributed by atoms with E-state index in [1.807, 2.05) is 4.90 Å². The van der Waals surface area contributed by atoms with Crippen LogP contribution in [0.4, 0.5) is 0 Å². The van der Waals surface area contributed by atoms with Gasteiger partial charge in [-0.25, -0.2) is 0 Å². The Balaban J connectivity index is 1.31. The molecular weight excluding hydrogens is 342 g/mol. The number of carbonyl (C=O) groups is 2. The van der Waals surface area contributed by atoms with E-state index in [2.05, 4.69) is 0 Å². The Morgan fingerprint density at radius 1 is 0.926 bits per heavy atom. The third kappa shape index (κ3) is 4.28. The second-order valence-electron chi connectivity index (χ2n) is 8.07. The Morgan fingerprint density at radius 2 is 1.70 bits per heavy atom. The molecule has 2 atom stereocenters. The van der Waals surface area contributed by atoms with E-state index in [-0.39, 0.29) is 18.1 Å². The predicted molar refractivity (Wildman–Crippen MR) is 102 cm³/mol. The van der Waals surface area contributed by atoms with Crippen LogP contribution >= 0.6 is 0 Å². The number of ketones is 1. The van der Waals surface area contributed by atoms with E-state index in [9.17, 15) is 9.59 Å². The molecule has 1 aromatic carbocycles. The van der Waals surface area contributed by atoms with Gasteiger partial charge in [0.05, 0.1) is 13.2 Å². The van der Waals surface area contributed by atoms with E-state index in [0.29, 0.717) is 42.6 Å². The van der Waals surface area contributed by atoms with Gasteiger partial charge in [0.1, 0.15) is 0 Å². The molecule has 146 valence electrons. The minimum Gasteiger partial charge on any atom is -0.490 e. The molecule has 5 nitrogen and oxygen atoms in total. The Kier molecular flexibility index (Phi) is 5.65. The number of rotatable bonds is 4. The number of benzene rings is 1. The summed E-state index contributed by atoms with van der Waals surface area (Å²) in [5.74, 6) is 2.92. The van der Waals surface area contributed by atoms with E-state index in [4.69, 9.17) is 9.47 Å². The highest BCUT2D eigenvalue weighted by molar-refractivity contribution is 5.98. The molecule has 0 unspecified atom stereocenters. The zero-order chi connectivity index (χ0) is 18.6. The molecule has 1 aliphatic carbocycles. The van der Waals surface area contributed by atoms with Crippen molar-refractivity contribution in [1.29, 1.82) is 0 Å². The second-order valence-corrected chi connectivity index (χ2v) is 8.07. The fourth-order valence-electron chi connectivity index (χ4n) is 4.69. The molecule has 1 aromatic rings. The SMILES string of the molecule is O=C(CCC(=O)N1CC[C@@H]2CCCC[C@H]2C1)c1ccc2c(c1)OCCCO2. The molecule has 0 aromatic heterocycles. The lowest BCUT2D eigenvalue weighted by molar-refractivity contribution is -0.134. The number of carbonyl (C=O) groups excluding carboxylic acids is 2. The minimum absolute atomic E-state index is 0.00782. The van der Waals surface area contributed by atoms with Crippen LogP contribution in [-0.2, 0) is 4.79 Å². The van der Waals surface area contributed by atoms with Gasteiger partial charge >= 0.3 is 0 Å². The Bertz CT molecular complexity index is 702. The minimum atomic E-state index is -0.00782. The van der Waals surface area contributed by atoms with Gasteiger partial charge in [-0.1, -0.05) is 19.3 Å². The number of nitrogens with zero attached hydrogens (tertiary/aromatic N) is 1. The number of piperidine rings is 1. The maximum absolute atomic E-state index is 12.6. The number of ether oxygens (including phenoxy) is 2. The highest BCUT2D eigenvalue weighted by atomic mass is 16.5. The molecule has 5 heteroatoms. The second kappa shape index (κ2) is 8.32. The first kappa shape index (κ1) is 18.3. The first-order valence-corrected chi connectivity index (χ1v) is 10.4. The van der Waals surface area contributed by atoms with Crippen molar-refractivity contribution >= 4 is 11.7 Å². The number of fused-ring (bicyclic) bond motifs is 2. The van der Waals surface area contributed by atoms with Crippen molar-refractivity contribution in [2.75, 3.05) is 26.3 Å². The summed E-state index contributed by atoms with van der Waals surface area (Å²) in [5.41, 5.74) is 0.595. The van der Waals surface area contributed by atoms with Crippen LogP contribution in [0.3, 0.4) is 0 Å². The Hall–Kier alpha value is -2.04. The standard InChI is InChI=1S/C22H29NO4/c24-19(17-6-8-20-21(14-17)27-13-3-12-26-20)7-9-22(25)23-11-10-16-4-1-2-5-18(16)15-23/h6,8,14,16,18H,1-5,7,9-13,15H2/t16-,18-/m0/s1. The summed E-state index contributed by atoms with van der Waals surface area (Å²) in [5, 5.41) is 0. The van der Waals surface area contributed by atoms with Gasteiger partial charge in [-0.05, 0) is 42.9 Å². The van der Waals surface area contributed by atoms with Crippen LogP contribution in [0.1, 0.15) is 61.7 Å². The molecule has 0 bridgehead atoms. The van der Waals surface area contributed by atoms with Gasteiger partial charge in [0.15, 0.2) is 17.3 Å². The number of likely N-dealkylation sites (tertiary alicyclic amines) is 1. The van der Waals surface area contributed by atoms with Gasteiger partial charge in [0, 0.05) is 37.9 Å². The molecule has 0 spiro atoms. The zero-order valence-corrected chi connectivity index (χ0v) is 16.0. The Labute approximate surface area is 161 Å². The highest BCUT2D eigenvalue weighted by Crippen LogP contribution is 2.36. The van der Waals surface area contributed by atoms with Gasteiger partial charge in [0.2, 0.25) is 5.91 Å². The van der Waals surface area contributed by atoms with Crippen LogP contribution < -0.4 is 9.47 Å². The third-order valence-corrected chi connectivity index (χ3v) is 6.28. The van der Waals surface area contributed by atoms with E-state index in [0.717, 1.165) is 31.8 Å². The summed E-state index contributed by atoms with van der Waals surface area (Å²) in [6, 6.07) is 5.32. The van der Waals surface area contributed by atoms with Crippen LogP contribution in [0.25, 0.3) is 0 Å². The topological polar surface area (TPSA) is 55.8 Å². The molecule has 2 aliphatic heterocycles. The van der Waals surface area contributed by atoms with E-state index in [1.165, 1.54) is 25.7 Å². The van der Waals surface area contributed by atoms with Crippen LogP contribution in [0, 0.1) is 11.8 Å². The number of Topliss-reactive ketones (excluding diaryl/α,β-unsaturated/α-hetero) is 1. The van der Waals surface area contributed by atoms with Crippen molar-refractivity contribution in [2.24, 2.45) is 11.8 Å². The fraction of sp³-hybridized carbons (Fsp3) is 0.636. The van der Waals surface area contributed by atoms with Crippen molar-refractivity contribution in [3.8, 4) is 11.5 Å². The van der Waals surface area contributed by atoms with Crippen molar-refractivity contribution in [3.63, 3.8) is 0 Å². The summed E-state index contributed by atoms with van der Waals surface area (Å²) in [4.78, 5) is 27.2. The molecule has 27 heavy (non-hydrogen) atoms. The number of amides is 1. The summed E-state index contributed by atoms with van der Waals surface area (Å²) in [7, 11) is 0. The first-order chi connectivity index (χ1) is 13.2. The van der Waals surface area contributed by atoms with Crippen LogP contribution in [-0.4, -0.2) is 42.9 Å². The van der Waals surface area contributed by atoms with Crippen LogP contribution in [0.15, 0.2) is 18.2 Å². The highest BCUT2D eigenvalue weighted by Gasteiger charge is 2.32. The molecule has 4 rings (SSSR count). The van der Waals surface area contributed by atoms with Crippen molar-refractivity contribution < 1.29 is 19.1 Å². The maximum Gasteiger partial charge on any atom is 0.223 e. The van der Waals surface area contributed by atoms with Gasteiger partial charge in [-0.3, -0.25) is 9.59 Å². The molecule has 0 radical (unpaired) electrons. The molecule has 1 saturated heterocycles. The quantitative estimate of drug-likeness (QED) is 0.755. The van der Waals surface area contributed by atoms with Gasteiger partial charge in [-0.15, -0.1) is 0 Å². The average Bonchev–Trinajstić information content (AvgIpc) is 2.96. The summed E-state index contributed by atoms with van der Waals surface area (Å²) >= 11 is 0. The molecule has 2 fully saturated rings. The summed E-state index contributed by atoms with van der Waals surface area (Å²) < 4.78 is 11.3. The van der Waals surface area contributed by atoms with E-state index >= 15 is 0 Å². The molecule has 1 saturated carbocycles. The summed E-state index contributed by atoms with van der Waals surface area (Å²) in [6.45, 7) is 2.98. The molecule has 2 heterocycles. The third-order valence-electron chi connectivity index (χ3n) is 6.28. The molecular formula is C22H29NO4. The average molecular weight is 371 g/mol. The molecule has 3 aliphatic rings. The summed E-state index contributed by atoms with van der Waals surface area (Å²) in [6.07, 6.45) is 7.75. The number of hydrogen-bond donors (Lipinski definition) is 0. The van der Waals surface area contributed by atoms with Crippen molar-refractivity contribution in [2.45, 2.75) is 51.4 Å². The maximum atomic E-state index is 12.6. The van der Waals surface area contributed by atoms with Crippen LogP contribution in [0.2, 0.25) is 0 Å². The van der Waals surface area contributed by atoms with E-state index in [1.54, 1.807) is 18.2 Å². The number of hydrogen-bond acceptors (Lipinski definition) is 4. The normalized spacial score (nSPS) is 24.7. The zero-order valence-electron chi connectivity index (χ0n) is 16.0. The fourth-order valence-corrected chi connectivity index (χ4v) is 4.69. The lowest BCUT2D eigenvalue weighted by Gasteiger charge is -2.41. The van der Waals surface area contributed by atoms with Crippen LogP contribution in [0.5, 0.6) is 11.5 Å². The monoisotopic (exact) mass is 371 g/mol. The van der Waals surface area contributed by atoms with Crippen molar-refractivity contribution in [1.82, 2.24) is 4.90 Å². The lowest BCUT2D eigenvalue weighted by Crippen LogP contribution is -2.44. The predicted octanol–water partition coefficient (Wildman–Crippen LogP) is 3.85. The first-order valence-electron chi connectivity index (χ1n) is 10.4.